The number of aryl methyl sites for hydroxylation is 3. The molecule has 0 aliphatic carbocycles. The number of nitrogens with zero attached hydrogens (tertiary/aromatic N) is 4. The van der Waals surface area contributed by atoms with E-state index in [1.165, 1.54) is 11.3 Å². The second-order valence-corrected chi connectivity index (χ2v) is 10.8. The Labute approximate surface area is 206 Å². The highest BCUT2D eigenvalue weighted by Crippen LogP contribution is 2.33. The molecule has 9 heteroatoms. The van der Waals surface area contributed by atoms with Crippen LogP contribution < -0.4 is 5.32 Å². The smallest absolute Gasteiger partial charge is 0.274 e. The van der Waals surface area contributed by atoms with Crippen LogP contribution in [0.25, 0.3) is 16.1 Å². The van der Waals surface area contributed by atoms with Gasteiger partial charge in [-0.1, -0.05) is 35.9 Å². The maximum atomic E-state index is 13.6. The maximum absolute atomic E-state index is 13.6. The molecule has 2 amide bonds. The van der Waals surface area contributed by atoms with Crippen molar-refractivity contribution in [2.75, 3.05) is 18.8 Å². The molecular formula is C25H25N5O2S2. The summed E-state index contributed by atoms with van der Waals surface area (Å²) in [5, 5.41) is 3.73. The van der Waals surface area contributed by atoms with E-state index in [1.807, 2.05) is 68.3 Å². The van der Waals surface area contributed by atoms with Gasteiger partial charge < -0.3 is 10.2 Å². The first-order valence-electron chi connectivity index (χ1n) is 11.1. The van der Waals surface area contributed by atoms with E-state index in [0.29, 0.717) is 30.2 Å². The van der Waals surface area contributed by atoms with Crippen molar-refractivity contribution in [3.63, 3.8) is 0 Å². The summed E-state index contributed by atoms with van der Waals surface area (Å²) in [7, 11) is 0. The number of thioether (sulfide) groups is 1. The Bertz CT molecular complexity index is 1390. The normalized spacial score (nSPS) is 15.7. The van der Waals surface area contributed by atoms with Gasteiger partial charge in [0.15, 0.2) is 0 Å². The fraction of sp³-hybridized carbons (Fsp3) is 0.280. The van der Waals surface area contributed by atoms with E-state index in [-0.39, 0.29) is 17.2 Å². The minimum atomic E-state index is -0.193. The van der Waals surface area contributed by atoms with Gasteiger partial charge in [-0.05, 0) is 38.5 Å². The highest BCUT2D eigenvalue weighted by molar-refractivity contribution is 8.00. The number of amides is 2. The predicted molar refractivity (Wildman–Crippen MR) is 137 cm³/mol. The van der Waals surface area contributed by atoms with E-state index in [2.05, 4.69) is 21.4 Å². The van der Waals surface area contributed by atoms with E-state index >= 15 is 0 Å². The van der Waals surface area contributed by atoms with Gasteiger partial charge in [0.1, 0.15) is 17.0 Å². The lowest BCUT2D eigenvalue weighted by Gasteiger charge is -2.24. The Kier molecular flexibility index (Phi) is 6.14. The zero-order valence-electron chi connectivity index (χ0n) is 19.2. The summed E-state index contributed by atoms with van der Waals surface area (Å²) in [5.74, 6) is 0.543. The number of nitrogens with one attached hydrogen (secondary N) is 1. The Hall–Kier alpha value is -3.17. The van der Waals surface area contributed by atoms with Crippen molar-refractivity contribution in [1.82, 2.24) is 24.6 Å². The summed E-state index contributed by atoms with van der Waals surface area (Å²) in [4.78, 5) is 38.4. The Balaban J connectivity index is 1.34. The summed E-state index contributed by atoms with van der Waals surface area (Å²) >= 11 is 3.21. The monoisotopic (exact) mass is 491 g/mol. The van der Waals surface area contributed by atoms with E-state index in [0.717, 1.165) is 32.4 Å². The van der Waals surface area contributed by atoms with Crippen molar-refractivity contribution >= 4 is 40.6 Å². The van der Waals surface area contributed by atoms with Crippen LogP contribution in [0, 0.1) is 20.8 Å². The van der Waals surface area contributed by atoms with Crippen LogP contribution >= 0.6 is 23.1 Å². The number of thiazole rings is 1. The van der Waals surface area contributed by atoms with Gasteiger partial charge in [-0.2, -0.15) is 0 Å². The first-order valence-corrected chi connectivity index (χ1v) is 13.0. The number of benzene rings is 1. The zero-order chi connectivity index (χ0) is 23.8. The number of hydrogen-bond acceptors (Lipinski definition) is 6. The largest absolute Gasteiger partial charge is 0.348 e. The minimum Gasteiger partial charge on any atom is -0.348 e. The van der Waals surface area contributed by atoms with Crippen molar-refractivity contribution < 1.29 is 9.59 Å². The molecule has 1 atom stereocenters. The third-order valence-electron chi connectivity index (χ3n) is 5.82. The molecule has 174 valence electrons. The lowest BCUT2D eigenvalue weighted by Crippen LogP contribution is -2.42. The molecule has 1 aromatic carbocycles. The van der Waals surface area contributed by atoms with Crippen LogP contribution in [0.3, 0.4) is 0 Å². The summed E-state index contributed by atoms with van der Waals surface area (Å²) in [6, 6.07) is 13.8. The van der Waals surface area contributed by atoms with E-state index in [1.54, 1.807) is 16.2 Å². The highest BCUT2D eigenvalue weighted by atomic mass is 32.2. The molecule has 7 nitrogen and oxygen atoms in total. The van der Waals surface area contributed by atoms with Gasteiger partial charge in [0.2, 0.25) is 0 Å². The van der Waals surface area contributed by atoms with Crippen LogP contribution in [0.5, 0.6) is 0 Å². The number of pyridine rings is 1. The van der Waals surface area contributed by atoms with Gasteiger partial charge in [-0.15, -0.1) is 23.1 Å². The summed E-state index contributed by atoms with van der Waals surface area (Å²) < 4.78 is 1.79. The maximum Gasteiger partial charge on any atom is 0.274 e. The topological polar surface area (TPSA) is 79.6 Å². The molecule has 1 N–H and O–H groups in total. The predicted octanol–water partition coefficient (Wildman–Crippen LogP) is 4.33. The number of hydrogen-bond donors (Lipinski definition) is 1. The van der Waals surface area contributed by atoms with E-state index in [4.69, 9.17) is 0 Å². The fourth-order valence-electron chi connectivity index (χ4n) is 4.26. The number of carbonyl (C=O) groups excluding carboxylic acids is 2. The average molecular weight is 492 g/mol. The van der Waals surface area contributed by atoms with Crippen LogP contribution in [-0.4, -0.2) is 55.3 Å². The van der Waals surface area contributed by atoms with Crippen LogP contribution in [0.4, 0.5) is 0 Å². The number of rotatable bonds is 5. The molecule has 1 unspecified atom stereocenters. The second-order valence-electron chi connectivity index (χ2n) is 8.29. The van der Waals surface area contributed by atoms with Gasteiger partial charge in [-0.25, -0.2) is 9.97 Å². The van der Waals surface area contributed by atoms with Crippen LogP contribution in [0.1, 0.15) is 37.2 Å². The second kappa shape index (κ2) is 9.23. The quantitative estimate of drug-likeness (QED) is 0.450. The van der Waals surface area contributed by atoms with Crippen molar-refractivity contribution in [2.45, 2.75) is 26.1 Å². The molecule has 0 radical (unpaired) electrons. The van der Waals surface area contributed by atoms with Gasteiger partial charge in [0.25, 0.3) is 11.8 Å². The first-order chi connectivity index (χ1) is 16.4. The lowest BCUT2D eigenvalue weighted by atomic mass is 10.1. The SMILES string of the molecule is Cc1cccc(-c2sc(C)nc2C(=O)N2CCSC2CNC(=O)c2c(C)nc3ccccn23)c1. The molecule has 4 heterocycles. The van der Waals surface area contributed by atoms with Gasteiger partial charge in [0.05, 0.1) is 21.0 Å². The minimum absolute atomic E-state index is 0.0870. The standard InChI is InChI=1S/C25H25N5O2S2/c1-15-7-6-8-18(13-15)23-21(28-17(3)34-23)25(32)30-11-12-33-20(30)14-26-24(31)22-16(2)27-19-9-4-5-10-29(19)22/h4-10,13,20H,11-12,14H2,1-3H3,(H,26,31). The molecule has 5 rings (SSSR count). The van der Waals surface area contributed by atoms with Gasteiger partial charge in [0, 0.05) is 25.0 Å². The Morgan fingerprint density at radius 3 is 2.79 bits per heavy atom. The third-order valence-corrected chi connectivity index (χ3v) is 8.07. The van der Waals surface area contributed by atoms with Crippen molar-refractivity contribution in [3.05, 3.63) is 76.3 Å². The van der Waals surface area contributed by atoms with Crippen LogP contribution in [0.2, 0.25) is 0 Å². The van der Waals surface area contributed by atoms with Gasteiger partial charge in [-0.3, -0.25) is 14.0 Å². The summed E-state index contributed by atoms with van der Waals surface area (Å²) in [5.41, 5.74) is 4.57. The molecule has 0 spiro atoms. The first kappa shape index (κ1) is 22.6. The van der Waals surface area contributed by atoms with E-state index < -0.39 is 0 Å². The third kappa shape index (κ3) is 4.21. The molecule has 1 aliphatic heterocycles. The molecule has 1 saturated heterocycles. The number of aromatic nitrogens is 3. The molecule has 1 aliphatic rings. The van der Waals surface area contributed by atoms with Crippen molar-refractivity contribution in [1.29, 1.82) is 0 Å². The van der Waals surface area contributed by atoms with Crippen molar-refractivity contribution in [2.24, 2.45) is 0 Å². The fourth-order valence-corrected chi connectivity index (χ4v) is 6.33. The van der Waals surface area contributed by atoms with Gasteiger partial charge >= 0.3 is 0 Å². The molecule has 4 aromatic rings. The molecule has 0 saturated carbocycles. The van der Waals surface area contributed by atoms with Crippen LogP contribution in [0.15, 0.2) is 48.7 Å². The molecule has 0 bridgehead atoms. The van der Waals surface area contributed by atoms with Crippen molar-refractivity contribution in [3.8, 4) is 10.4 Å². The molecular weight excluding hydrogens is 466 g/mol. The number of fused-ring (bicyclic) bond motifs is 1. The Morgan fingerprint density at radius 2 is 1.97 bits per heavy atom. The van der Waals surface area contributed by atoms with E-state index in [9.17, 15) is 9.59 Å². The number of carbonyl (C=O) groups is 2. The summed E-state index contributed by atoms with van der Waals surface area (Å²) in [6.07, 6.45) is 1.84. The molecule has 34 heavy (non-hydrogen) atoms. The highest BCUT2D eigenvalue weighted by Gasteiger charge is 2.33. The molecule has 3 aromatic heterocycles. The van der Waals surface area contributed by atoms with Crippen LogP contribution in [-0.2, 0) is 0 Å². The lowest BCUT2D eigenvalue weighted by molar-refractivity contribution is 0.0746. The molecule has 1 fully saturated rings. The summed E-state index contributed by atoms with van der Waals surface area (Å²) in [6.45, 7) is 6.79. The Morgan fingerprint density at radius 1 is 1.12 bits per heavy atom. The number of imidazole rings is 1. The zero-order valence-corrected chi connectivity index (χ0v) is 20.9. The average Bonchev–Trinajstić information content (AvgIpc) is 3.53.